The van der Waals surface area contributed by atoms with Crippen molar-refractivity contribution in [1.82, 2.24) is 19.9 Å². The molecular weight excluding hydrogens is 242 g/mol. The van der Waals surface area contributed by atoms with Crippen LogP contribution < -0.4 is 5.73 Å². The molecule has 0 aliphatic carbocycles. The zero-order chi connectivity index (χ0) is 13.5. The number of likely N-dealkylation sites (N-methyl/N-ethyl adjacent to an activating group) is 1. The number of aromatic nitrogens is 3. The van der Waals surface area contributed by atoms with E-state index in [0.717, 1.165) is 64.3 Å². The summed E-state index contributed by atoms with van der Waals surface area (Å²) in [7, 11) is 0. The van der Waals surface area contributed by atoms with Gasteiger partial charge in [0.05, 0.1) is 24.9 Å². The van der Waals surface area contributed by atoms with Gasteiger partial charge in [-0.25, -0.2) is 4.68 Å². The lowest BCUT2D eigenvalue weighted by atomic mass is 10.2. The topological polar surface area (TPSA) is 69.2 Å². The van der Waals surface area contributed by atoms with E-state index in [-0.39, 0.29) is 6.10 Å². The molecule has 0 saturated carbocycles. The minimum Gasteiger partial charge on any atom is -0.374 e. The number of rotatable bonds is 7. The van der Waals surface area contributed by atoms with E-state index in [1.165, 1.54) is 0 Å². The summed E-state index contributed by atoms with van der Waals surface area (Å²) in [5, 5.41) is 8.37. The minimum atomic E-state index is 0.229. The zero-order valence-corrected chi connectivity index (χ0v) is 11.8. The molecule has 1 saturated heterocycles. The van der Waals surface area contributed by atoms with Gasteiger partial charge in [0.25, 0.3) is 0 Å². The molecule has 1 atom stereocenters. The number of ether oxygens (including phenoxy) is 1. The second kappa shape index (κ2) is 7.57. The van der Waals surface area contributed by atoms with Crippen molar-refractivity contribution in [3.8, 4) is 0 Å². The van der Waals surface area contributed by atoms with E-state index in [0.29, 0.717) is 0 Å². The molecule has 2 rings (SSSR count). The van der Waals surface area contributed by atoms with E-state index in [2.05, 4.69) is 22.1 Å². The third kappa shape index (κ3) is 4.56. The summed E-state index contributed by atoms with van der Waals surface area (Å²) >= 11 is 0. The molecular formula is C13H25N5O. The van der Waals surface area contributed by atoms with Crippen LogP contribution in [-0.2, 0) is 17.7 Å². The summed E-state index contributed by atoms with van der Waals surface area (Å²) in [6, 6.07) is 0. The van der Waals surface area contributed by atoms with Crippen molar-refractivity contribution >= 4 is 0 Å². The molecule has 108 valence electrons. The first-order valence-electron chi connectivity index (χ1n) is 7.25. The Labute approximate surface area is 114 Å². The molecule has 1 unspecified atom stereocenters. The van der Waals surface area contributed by atoms with E-state index < -0.39 is 0 Å². The summed E-state index contributed by atoms with van der Waals surface area (Å²) in [5.74, 6) is 0. The van der Waals surface area contributed by atoms with E-state index in [9.17, 15) is 0 Å². The monoisotopic (exact) mass is 267 g/mol. The quantitative estimate of drug-likeness (QED) is 0.719. The molecule has 2 heterocycles. The Balaban J connectivity index is 1.78. The van der Waals surface area contributed by atoms with Crippen LogP contribution in [0.3, 0.4) is 0 Å². The van der Waals surface area contributed by atoms with Gasteiger partial charge in [0.2, 0.25) is 0 Å². The summed E-state index contributed by atoms with van der Waals surface area (Å²) < 4.78 is 7.68. The number of hydrogen-bond acceptors (Lipinski definition) is 5. The van der Waals surface area contributed by atoms with Gasteiger partial charge in [-0.2, -0.15) is 0 Å². The number of hydrogen-bond donors (Lipinski definition) is 1. The molecule has 0 bridgehead atoms. The fourth-order valence-electron chi connectivity index (χ4n) is 2.38. The molecule has 19 heavy (non-hydrogen) atoms. The first-order valence-corrected chi connectivity index (χ1v) is 7.25. The Morgan fingerprint density at radius 1 is 1.47 bits per heavy atom. The van der Waals surface area contributed by atoms with Crippen LogP contribution in [0.25, 0.3) is 0 Å². The summed E-state index contributed by atoms with van der Waals surface area (Å²) in [4.78, 5) is 2.41. The number of morpholine rings is 1. The average molecular weight is 267 g/mol. The Morgan fingerprint density at radius 3 is 3.16 bits per heavy atom. The van der Waals surface area contributed by atoms with Gasteiger partial charge in [-0.3, -0.25) is 4.90 Å². The van der Waals surface area contributed by atoms with Gasteiger partial charge in [-0.05, 0) is 32.4 Å². The number of unbranched alkanes of at least 4 members (excludes halogenated alkanes) is 1. The van der Waals surface area contributed by atoms with Gasteiger partial charge in [0.15, 0.2) is 0 Å². The fraction of sp³-hybridized carbons (Fsp3) is 0.846. The van der Waals surface area contributed by atoms with Crippen LogP contribution >= 0.6 is 0 Å². The first-order chi connectivity index (χ1) is 9.31. The van der Waals surface area contributed by atoms with Crippen molar-refractivity contribution in [3.63, 3.8) is 0 Å². The van der Waals surface area contributed by atoms with E-state index in [1.807, 2.05) is 10.9 Å². The van der Waals surface area contributed by atoms with Gasteiger partial charge in [-0.1, -0.05) is 12.1 Å². The van der Waals surface area contributed by atoms with Crippen LogP contribution in [0.5, 0.6) is 0 Å². The van der Waals surface area contributed by atoms with Crippen LogP contribution in [0.15, 0.2) is 6.20 Å². The number of aryl methyl sites for hydroxylation is 1. The Hall–Kier alpha value is -0.980. The van der Waals surface area contributed by atoms with Crippen molar-refractivity contribution in [2.45, 2.75) is 38.8 Å². The third-order valence-corrected chi connectivity index (χ3v) is 3.53. The highest BCUT2D eigenvalue weighted by molar-refractivity contribution is 4.92. The predicted molar refractivity (Wildman–Crippen MR) is 73.9 cm³/mol. The van der Waals surface area contributed by atoms with Crippen molar-refractivity contribution in [3.05, 3.63) is 11.9 Å². The summed E-state index contributed by atoms with van der Waals surface area (Å²) in [6.45, 7) is 7.65. The molecule has 6 heteroatoms. The van der Waals surface area contributed by atoms with Crippen LogP contribution in [0.1, 0.15) is 25.5 Å². The van der Waals surface area contributed by atoms with Crippen LogP contribution in [0, 0.1) is 0 Å². The van der Waals surface area contributed by atoms with Gasteiger partial charge in [0.1, 0.15) is 0 Å². The zero-order valence-electron chi connectivity index (χ0n) is 11.8. The summed E-state index contributed by atoms with van der Waals surface area (Å²) in [5.41, 5.74) is 6.54. The van der Waals surface area contributed by atoms with Crippen molar-refractivity contribution in [2.24, 2.45) is 5.73 Å². The van der Waals surface area contributed by atoms with Crippen molar-refractivity contribution in [1.29, 1.82) is 0 Å². The normalized spacial score (nSPS) is 20.8. The largest absolute Gasteiger partial charge is 0.374 e. The van der Waals surface area contributed by atoms with Gasteiger partial charge >= 0.3 is 0 Å². The molecule has 6 nitrogen and oxygen atoms in total. The molecule has 1 aliphatic heterocycles. The van der Waals surface area contributed by atoms with Crippen LogP contribution in [-0.4, -0.2) is 58.8 Å². The molecule has 1 aromatic rings. The standard InChI is InChI=1S/C13H25N5O/c1-2-17-7-8-19-13(10-17)11-18-9-12(15-16-18)5-3-4-6-14/h9,13H,2-8,10-11,14H2,1H3. The maximum absolute atomic E-state index is 5.77. The summed E-state index contributed by atoms with van der Waals surface area (Å²) in [6.07, 6.45) is 5.35. The second-order valence-electron chi connectivity index (χ2n) is 5.06. The smallest absolute Gasteiger partial charge is 0.0898 e. The van der Waals surface area contributed by atoms with Crippen LogP contribution in [0.2, 0.25) is 0 Å². The van der Waals surface area contributed by atoms with E-state index >= 15 is 0 Å². The highest BCUT2D eigenvalue weighted by Gasteiger charge is 2.20. The van der Waals surface area contributed by atoms with Crippen LogP contribution in [0.4, 0.5) is 0 Å². The van der Waals surface area contributed by atoms with Gasteiger partial charge < -0.3 is 10.5 Å². The molecule has 0 amide bonds. The Bertz CT molecular complexity index is 368. The second-order valence-corrected chi connectivity index (χ2v) is 5.06. The number of nitrogens with two attached hydrogens (primary N) is 1. The first kappa shape index (κ1) is 14.4. The average Bonchev–Trinajstić information content (AvgIpc) is 2.87. The lowest BCUT2D eigenvalue weighted by molar-refractivity contribution is -0.0360. The van der Waals surface area contributed by atoms with Gasteiger partial charge in [-0.15, -0.1) is 5.10 Å². The molecule has 2 N–H and O–H groups in total. The highest BCUT2D eigenvalue weighted by atomic mass is 16.5. The minimum absolute atomic E-state index is 0.229. The van der Waals surface area contributed by atoms with Crippen molar-refractivity contribution < 1.29 is 4.74 Å². The lowest BCUT2D eigenvalue weighted by Crippen LogP contribution is -2.44. The number of nitrogens with zero attached hydrogens (tertiary/aromatic N) is 4. The molecule has 1 fully saturated rings. The van der Waals surface area contributed by atoms with Crippen molar-refractivity contribution in [2.75, 3.05) is 32.8 Å². The molecule has 0 aromatic carbocycles. The molecule has 1 aliphatic rings. The fourth-order valence-corrected chi connectivity index (χ4v) is 2.38. The maximum Gasteiger partial charge on any atom is 0.0898 e. The maximum atomic E-state index is 5.77. The molecule has 0 radical (unpaired) electrons. The molecule has 1 aromatic heterocycles. The Kier molecular flexibility index (Phi) is 5.75. The van der Waals surface area contributed by atoms with Gasteiger partial charge in [0, 0.05) is 19.3 Å². The van der Waals surface area contributed by atoms with E-state index in [1.54, 1.807) is 0 Å². The van der Waals surface area contributed by atoms with E-state index in [4.69, 9.17) is 10.5 Å². The Morgan fingerprint density at radius 2 is 2.37 bits per heavy atom. The molecule has 0 spiro atoms. The lowest BCUT2D eigenvalue weighted by Gasteiger charge is -2.31. The predicted octanol–water partition coefficient (Wildman–Crippen LogP) is 0.280. The SMILES string of the molecule is CCN1CCOC(Cn2cc(CCCCN)nn2)C1. The highest BCUT2D eigenvalue weighted by Crippen LogP contribution is 2.08. The third-order valence-electron chi connectivity index (χ3n) is 3.53.